The second-order valence-corrected chi connectivity index (χ2v) is 6.19. The summed E-state index contributed by atoms with van der Waals surface area (Å²) in [6.07, 6.45) is 4.17. The molecule has 0 aliphatic carbocycles. The van der Waals surface area contributed by atoms with Gasteiger partial charge in [0.15, 0.2) is 0 Å². The van der Waals surface area contributed by atoms with Gasteiger partial charge in [0, 0.05) is 36.3 Å². The van der Waals surface area contributed by atoms with E-state index in [4.69, 9.17) is 16.6 Å². The highest BCUT2D eigenvalue weighted by Gasteiger charge is 2.23. The highest BCUT2D eigenvalue weighted by Crippen LogP contribution is 2.30. The predicted octanol–water partition coefficient (Wildman–Crippen LogP) is 4.00. The van der Waals surface area contributed by atoms with Crippen LogP contribution in [0.2, 0.25) is 5.02 Å². The Morgan fingerprint density at radius 2 is 2.14 bits per heavy atom. The zero-order valence-corrected chi connectivity index (χ0v) is 12.9. The standard InChI is InChI=1S/C17H17ClN4/c18-14-5-1-3-12-6-7-16(20-17(12)14)22-10-2-4-13(11-22)15-8-9-19-21-15/h1,3,5-9,13H,2,4,10-11H2,(H,19,21). The minimum Gasteiger partial charge on any atom is -0.356 e. The molecule has 22 heavy (non-hydrogen) atoms. The number of pyridine rings is 1. The first kappa shape index (κ1) is 13.6. The van der Waals surface area contributed by atoms with Crippen molar-refractivity contribution in [1.29, 1.82) is 0 Å². The van der Waals surface area contributed by atoms with Crippen molar-refractivity contribution >= 4 is 28.3 Å². The molecule has 1 atom stereocenters. The maximum Gasteiger partial charge on any atom is 0.129 e. The number of aromatic amines is 1. The van der Waals surface area contributed by atoms with Gasteiger partial charge in [0.05, 0.1) is 10.5 Å². The third-order valence-electron chi connectivity index (χ3n) is 4.36. The number of hydrogen-bond acceptors (Lipinski definition) is 3. The van der Waals surface area contributed by atoms with Gasteiger partial charge in [0.25, 0.3) is 0 Å². The largest absolute Gasteiger partial charge is 0.356 e. The number of nitrogens with zero attached hydrogens (tertiary/aromatic N) is 3. The van der Waals surface area contributed by atoms with Crippen LogP contribution in [-0.2, 0) is 0 Å². The van der Waals surface area contributed by atoms with Crippen LogP contribution in [0.4, 0.5) is 5.82 Å². The number of benzene rings is 1. The van der Waals surface area contributed by atoms with Crippen LogP contribution in [0.25, 0.3) is 10.9 Å². The van der Waals surface area contributed by atoms with Gasteiger partial charge in [-0.2, -0.15) is 5.10 Å². The molecule has 1 fully saturated rings. The number of hydrogen-bond donors (Lipinski definition) is 1. The maximum absolute atomic E-state index is 6.28. The summed E-state index contributed by atoms with van der Waals surface area (Å²) in [7, 11) is 0. The number of aromatic nitrogens is 3. The summed E-state index contributed by atoms with van der Waals surface area (Å²) >= 11 is 6.28. The summed E-state index contributed by atoms with van der Waals surface area (Å²) in [5.41, 5.74) is 2.09. The molecule has 112 valence electrons. The third kappa shape index (κ3) is 2.44. The summed E-state index contributed by atoms with van der Waals surface area (Å²) in [6.45, 7) is 2.00. The first-order valence-electron chi connectivity index (χ1n) is 7.61. The van der Waals surface area contributed by atoms with Crippen molar-refractivity contribution in [3.63, 3.8) is 0 Å². The zero-order valence-electron chi connectivity index (χ0n) is 12.2. The minimum absolute atomic E-state index is 0.486. The van der Waals surface area contributed by atoms with E-state index in [1.165, 1.54) is 12.1 Å². The van der Waals surface area contributed by atoms with Gasteiger partial charge in [0.2, 0.25) is 0 Å². The number of para-hydroxylation sites is 1. The Labute approximate surface area is 134 Å². The number of fused-ring (bicyclic) bond motifs is 1. The number of piperidine rings is 1. The molecule has 1 aliphatic rings. The van der Waals surface area contributed by atoms with Crippen molar-refractivity contribution in [2.24, 2.45) is 0 Å². The zero-order chi connectivity index (χ0) is 14.9. The normalized spacial score (nSPS) is 18.8. The second-order valence-electron chi connectivity index (χ2n) is 5.78. The van der Waals surface area contributed by atoms with Crippen LogP contribution in [0.5, 0.6) is 0 Å². The summed E-state index contributed by atoms with van der Waals surface area (Å²) in [5, 5.41) is 8.96. The maximum atomic E-state index is 6.28. The number of anilines is 1. The molecule has 1 aliphatic heterocycles. The van der Waals surface area contributed by atoms with Crippen LogP contribution in [-0.4, -0.2) is 28.3 Å². The Morgan fingerprint density at radius 1 is 1.18 bits per heavy atom. The molecule has 4 nitrogen and oxygen atoms in total. The van der Waals surface area contributed by atoms with E-state index in [1.54, 1.807) is 0 Å². The Kier molecular flexibility index (Phi) is 3.47. The van der Waals surface area contributed by atoms with E-state index in [1.807, 2.05) is 24.4 Å². The third-order valence-corrected chi connectivity index (χ3v) is 4.67. The Balaban J connectivity index is 1.65. The van der Waals surface area contributed by atoms with Crippen molar-refractivity contribution < 1.29 is 0 Å². The van der Waals surface area contributed by atoms with Gasteiger partial charge in [-0.05, 0) is 37.1 Å². The van der Waals surface area contributed by atoms with Crippen molar-refractivity contribution in [3.05, 3.63) is 53.3 Å². The molecular formula is C17H17ClN4. The van der Waals surface area contributed by atoms with E-state index in [2.05, 4.69) is 33.3 Å². The Morgan fingerprint density at radius 3 is 3.00 bits per heavy atom. The van der Waals surface area contributed by atoms with Crippen molar-refractivity contribution in [3.8, 4) is 0 Å². The van der Waals surface area contributed by atoms with Crippen molar-refractivity contribution in [2.75, 3.05) is 18.0 Å². The predicted molar refractivity (Wildman–Crippen MR) is 89.5 cm³/mol. The van der Waals surface area contributed by atoms with E-state index in [0.717, 1.165) is 36.2 Å². The first-order valence-corrected chi connectivity index (χ1v) is 7.98. The molecule has 0 bridgehead atoms. The summed E-state index contributed by atoms with van der Waals surface area (Å²) < 4.78 is 0. The van der Waals surface area contributed by atoms with Crippen LogP contribution in [0, 0.1) is 0 Å². The molecule has 3 aromatic rings. The molecule has 2 aromatic heterocycles. The average Bonchev–Trinajstić information content (AvgIpc) is 3.10. The molecule has 0 amide bonds. The van der Waals surface area contributed by atoms with Gasteiger partial charge in [-0.15, -0.1) is 0 Å². The lowest BCUT2D eigenvalue weighted by Gasteiger charge is -2.33. The first-order chi connectivity index (χ1) is 10.8. The van der Waals surface area contributed by atoms with Gasteiger partial charge in [0.1, 0.15) is 5.82 Å². The van der Waals surface area contributed by atoms with E-state index >= 15 is 0 Å². The smallest absolute Gasteiger partial charge is 0.129 e. The van der Waals surface area contributed by atoms with E-state index in [0.29, 0.717) is 10.9 Å². The molecule has 1 saturated heterocycles. The molecule has 1 unspecified atom stereocenters. The monoisotopic (exact) mass is 312 g/mol. The number of nitrogens with one attached hydrogen (secondary N) is 1. The van der Waals surface area contributed by atoms with Crippen LogP contribution >= 0.6 is 11.6 Å². The highest BCUT2D eigenvalue weighted by molar-refractivity contribution is 6.35. The van der Waals surface area contributed by atoms with Gasteiger partial charge in [-0.3, -0.25) is 5.10 Å². The number of H-pyrrole nitrogens is 1. The SMILES string of the molecule is Clc1cccc2ccc(N3CCCC(c4ccn[nH]4)C3)nc12. The molecule has 1 N–H and O–H groups in total. The van der Waals surface area contributed by atoms with E-state index in [9.17, 15) is 0 Å². The van der Waals surface area contributed by atoms with Gasteiger partial charge >= 0.3 is 0 Å². The van der Waals surface area contributed by atoms with Gasteiger partial charge in [-0.1, -0.05) is 23.7 Å². The lowest BCUT2D eigenvalue weighted by molar-refractivity contribution is 0.498. The average molecular weight is 313 g/mol. The molecule has 0 spiro atoms. The number of halogens is 1. The van der Waals surface area contributed by atoms with Crippen molar-refractivity contribution in [1.82, 2.24) is 15.2 Å². The fourth-order valence-corrected chi connectivity index (χ4v) is 3.43. The van der Waals surface area contributed by atoms with Gasteiger partial charge in [-0.25, -0.2) is 4.98 Å². The second kappa shape index (κ2) is 5.61. The minimum atomic E-state index is 0.486. The topological polar surface area (TPSA) is 44.8 Å². The molecule has 4 rings (SSSR count). The molecule has 3 heterocycles. The molecule has 0 saturated carbocycles. The van der Waals surface area contributed by atoms with E-state index in [-0.39, 0.29) is 0 Å². The lowest BCUT2D eigenvalue weighted by Crippen LogP contribution is -2.35. The van der Waals surface area contributed by atoms with Crippen LogP contribution in [0.1, 0.15) is 24.5 Å². The summed E-state index contributed by atoms with van der Waals surface area (Å²) in [4.78, 5) is 7.13. The summed E-state index contributed by atoms with van der Waals surface area (Å²) in [6, 6.07) is 12.2. The molecule has 5 heteroatoms. The van der Waals surface area contributed by atoms with Crippen LogP contribution < -0.4 is 4.90 Å². The summed E-state index contributed by atoms with van der Waals surface area (Å²) in [5.74, 6) is 1.49. The lowest BCUT2D eigenvalue weighted by atomic mass is 9.95. The van der Waals surface area contributed by atoms with E-state index < -0.39 is 0 Å². The van der Waals surface area contributed by atoms with Crippen LogP contribution in [0.15, 0.2) is 42.6 Å². The van der Waals surface area contributed by atoms with Crippen LogP contribution in [0.3, 0.4) is 0 Å². The Hall–Kier alpha value is -2.07. The van der Waals surface area contributed by atoms with Crippen molar-refractivity contribution in [2.45, 2.75) is 18.8 Å². The molecule has 1 aromatic carbocycles. The fraction of sp³-hybridized carbons (Fsp3) is 0.294. The Bertz CT molecular complexity index is 784. The highest BCUT2D eigenvalue weighted by atomic mass is 35.5. The molecule has 0 radical (unpaired) electrons. The van der Waals surface area contributed by atoms with Gasteiger partial charge < -0.3 is 4.90 Å². The fourth-order valence-electron chi connectivity index (χ4n) is 3.21. The molecular weight excluding hydrogens is 296 g/mol. The quantitative estimate of drug-likeness (QED) is 0.778. The number of rotatable bonds is 2.